The van der Waals surface area contributed by atoms with Crippen LogP contribution in [0.3, 0.4) is 0 Å². The number of nitrogens with one attached hydrogen (secondary N) is 1. The van der Waals surface area contributed by atoms with Gasteiger partial charge in [-0.25, -0.2) is 17.5 Å². The van der Waals surface area contributed by atoms with E-state index in [-0.39, 0.29) is 29.6 Å². The van der Waals surface area contributed by atoms with Crippen LogP contribution in [0.2, 0.25) is 5.02 Å². The maximum absolute atomic E-state index is 13.7. The maximum atomic E-state index is 13.7. The number of sulfonamides is 1. The Hall–Kier alpha value is -1.96. The molecule has 0 aliphatic carbocycles. The predicted octanol–water partition coefficient (Wildman–Crippen LogP) is 2.49. The second-order valence-electron chi connectivity index (χ2n) is 5.74. The molecule has 0 spiro atoms. The molecule has 0 unspecified atom stereocenters. The third-order valence-electron chi connectivity index (χ3n) is 3.94. The van der Waals surface area contributed by atoms with Crippen LogP contribution in [0.15, 0.2) is 42.5 Å². The molecule has 25 heavy (non-hydrogen) atoms. The summed E-state index contributed by atoms with van der Waals surface area (Å²) in [5.41, 5.74) is 1.73. The molecule has 132 valence electrons. The topological polar surface area (TPSA) is 66.5 Å². The Bertz CT molecular complexity index is 918. The second-order valence-corrected chi connectivity index (χ2v) is 7.98. The lowest BCUT2D eigenvalue weighted by Gasteiger charge is -2.17. The molecule has 1 N–H and O–H groups in total. The number of rotatable bonds is 6. The first-order valence-corrected chi connectivity index (χ1v) is 9.68. The lowest BCUT2D eigenvalue weighted by molar-refractivity contribution is -0.117. The van der Waals surface area contributed by atoms with Crippen LogP contribution < -0.4 is 9.62 Å². The van der Waals surface area contributed by atoms with Crippen LogP contribution in [0.4, 0.5) is 10.1 Å². The smallest absolute Gasteiger partial charge is 0.231 e. The Balaban J connectivity index is 1.62. The van der Waals surface area contributed by atoms with Gasteiger partial charge in [-0.2, -0.15) is 0 Å². The van der Waals surface area contributed by atoms with E-state index >= 15 is 0 Å². The lowest BCUT2D eigenvalue weighted by Crippen LogP contribution is -2.37. The molecule has 3 rings (SSSR count). The van der Waals surface area contributed by atoms with E-state index < -0.39 is 21.6 Å². The Labute approximate surface area is 150 Å². The molecule has 8 heteroatoms. The number of carbonyl (C=O) groups excluding carboxylic acids is 1. The zero-order valence-electron chi connectivity index (χ0n) is 13.2. The highest BCUT2D eigenvalue weighted by molar-refractivity contribution is 7.88. The molecule has 1 aliphatic rings. The molecule has 2 aromatic carbocycles. The summed E-state index contributed by atoms with van der Waals surface area (Å²) in [6, 6.07) is 11.2. The third-order valence-corrected chi connectivity index (χ3v) is 5.51. The van der Waals surface area contributed by atoms with Gasteiger partial charge in [0.25, 0.3) is 0 Å². The average Bonchev–Trinajstić information content (AvgIpc) is 2.86. The fourth-order valence-electron chi connectivity index (χ4n) is 2.78. The summed E-state index contributed by atoms with van der Waals surface area (Å²) >= 11 is 5.77. The minimum atomic E-state index is -3.75. The lowest BCUT2D eigenvalue weighted by atomic mass is 10.2. The average molecular weight is 383 g/mol. The molecule has 0 radical (unpaired) electrons. The van der Waals surface area contributed by atoms with Gasteiger partial charge in [0, 0.05) is 29.4 Å². The van der Waals surface area contributed by atoms with Crippen LogP contribution in [0.5, 0.6) is 0 Å². The minimum Gasteiger partial charge on any atom is -0.311 e. The van der Waals surface area contributed by atoms with E-state index in [4.69, 9.17) is 11.6 Å². The van der Waals surface area contributed by atoms with Crippen molar-refractivity contribution < 1.29 is 17.6 Å². The van der Waals surface area contributed by atoms with Crippen LogP contribution in [-0.4, -0.2) is 27.4 Å². The monoisotopic (exact) mass is 382 g/mol. The van der Waals surface area contributed by atoms with Gasteiger partial charge >= 0.3 is 0 Å². The first kappa shape index (κ1) is 17.8. The quantitative estimate of drug-likeness (QED) is 0.834. The van der Waals surface area contributed by atoms with Crippen molar-refractivity contribution in [2.45, 2.75) is 12.2 Å². The molecule has 0 bridgehead atoms. The third kappa shape index (κ3) is 4.18. The van der Waals surface area contributed by atoms with Gasteiger partial charge in [-0.1, -0.05) is 29.8 Å². The Morgan fingerprint density at radius 2 is 1.96 bits per heavy atom. The molecule has 0 saturated heterocycles. The summed E-state index contributed by atoms with van der Waals surface area (Å²) in [5, 5.41) is 0.269. The van der Waals surface area contributed by atoms with Crippen molar-refractivity contribution in [3.63, 3.8) is 0 Å². The molecule has 2 aromatic rings. The largest absolute Gasteiger partial charge is 0.311 e. The van der Waals surface area contributed by atoms with Crippen LogP contribution in [0, 0.1) is 5.82 Å². The van der Waals surface area contributed by atoms with Gasteiger partial charge in [0.2, 0.25) is 15.9 Å². The summed E-state index contributed by atoms with van der Waals surface area (Å²) in [5.74, 6) is -1.20. The standard InChI is InChI=1S/C17H16ClFN2O3S/c18-14-5-6-15(19)13(9-14)11-25(23,24)20-7-8-21-16-4-2-1-3-12(16)10-17(21)22/h1-6,9,20H,7-8,10-11H2. The van der Waals surface area contributed by atoms with Gasteiger partial charge in [-0.3, -0.25) is 4.79 Å². The number of anilines is 1. The summed E-state index contributed by atoms with van der Waals surface area (Å²) in [6.07, 6.45) is 0.316. The van der Waals surface area contributed by atoms with Crippen LogP contribution in [0.25, 0.3) is 0 Å². The second kappa shape index (κ2) is 7.11. The van der Waals surface area contributed by atoms with E-state index in [1.807, 2.05) is 24.3 Å². The van der Waals surface area contributed by atoms with E-state index in [0.29, 0.717) is 6.42 Å². The molecular formula is C17H16ClFN2O3S. The highest BCUT2D eigenvalue weighted by Crippen LogP contribution is 2.27. The van der Waals surface area contributed by atoms with E-state index in [2.05, 4.69) is 4.72 Å². The zero-order valence-corrected chi connectivity index (χ0v) is 14.8. The van der Waals surface area contributed by atoms with E-state index in [0.717, 1.165) is 17.3 Å². The molecule has 0 aromatic heterocycles. The molecule has 5 nitrogen and oxygen atoms in total. The van der Waals surface area contributed by atoms with Gasteiger partial charge in [-0.05, 0) is 29.8 Å². The van der Waals surface area contributed by atoms with Crippen molar-refractivity contribution in [2.24, 2.45) is 0 Å². The van der Waals surface area contributed by atoms with E-state index in [1.165, 1.54) is 12.1 Å². The van der Waals surface area contributed by atoms with Crippen LogP contribution in [-0.2, 0) is 27.0 Å². The van der Waals surface area contributed by atoms with Crippen molar-refractivity contribution in [1.82, 2.24) is 4.72 Å². The molecule has 0 fully saturated rings. The Kier molecular flexibility index (Phi) is 5.08. The summed E-state index contributed by atoms with van der Waals surface area (Å²) < 4.78 is 40.4. The Morgan fingerprint density at radius 3 is 2.76 bits per heavy atom. The van der Waals surface area contributed by atoms with Crippen molar-refractivity contribution in [2.75, 3.05) is 18.0 Å². The fourth-order valence-corrected chi connectivity index (χ4v) is 4.11. The number of carbonyl (C=O) groups is 1. The van der Waals surface area contributed by atoms with Gasteiger partial charge < -0.3 is 4.90 Å². The highest BCUT2D eigenvalue weighted by atomic mass is 35.5. The number of benzene rings is 2. The molecule has 1 amide bonds. The Morgan fingerprint density at radius 1 is 1.20 bits per heavy atom. The van der Waals surface area contributed by atoms with Gasteiger partial charge in [-0.15, -0.1) is 0 Å². The van der Waals surface area contributed by atoms with E-state index in [1.54, 1.807) is 4.90 Å². The number of nitrogens with zero attached hydrogens (tertiary/aromatic N) is 1. The summed E-state index contributed by atoms with van der Waals surface area (Å²) in [4.78, 5) is 13.6. The van der Waals surface area contributed by atoms with Crippen LogP contribution in [0.1, 0.15) is 11.1 Å². The predicted molar refractivity (Wildman–Crippen MR) is 94.5 cm³/mol. The summed E-state index contributed by atoms with van der Waals surface area (Å²) in [6.45, 7) is 0.262. The highest BCUT2D eigenvalue weighted by Gasteiger charge is 2.26. The number of hydrogen-bond donors (Lipinski definition) is 1. The van der Waals surface area contributed by atoms with Crippen LogP contribution >= 0.6 is 11.6 Å². The normalized spacial score (nSPS) is 14.0. The SMILES string of the molecule is O=C1Cc2ccccc2N1CCNS(=O)(=O)Cc1cc(Cl)ccc1F. The molecule has 1 aliphatic heterocycles. The first-order valence-electron chi connectivity index (χ1n) is 7.65. The molecular weight excluding hydrogens is 367 g/mol. The number of para-hydroxylation sites is 1. The number of fused-ring (bicyclic) bond motifs is 1. The van der Waals surface area contributed by atoms with Gasteiger partial charge in [0.1, 0.15) is 5.82 Å². The number of halogens is 2. The van der Waals surface area contributed by atoms with Gasteiger partial charge in [0.05, 0.1) is 12.2 Å². The molecule has 0 saturated carbocycles. The van der Waals surface area contributed by atoms with Crippen molar-refractivity contribution in [1.29, 1.82) is 0 Å². The molecule has 0 atom stereocenters. The zero-order chi connectivity index (χ0) is 18.0. The maximum Gasteiger partial charge on any atom is 0.231 e. The molecule has 1 heterocycles. The fraction of sp³-hybridized carbons (Fsp3) is 0.235. The minimum absolute atomic E-state index is 0.00240. The van der Waals surface area contributed by atoms with Crippen molar-refractivity contribution in [3.8, 4) is 0 Å². The number of hydrogen-bond acceptors (Lipinski definition) is 3. The number of amides is 1. The van der Waals surface area contributed by atoms with Gasteiger partial charge in [0.15, 0.2) is 0 Å². The summed E-state index contributed by atoms with van der Waals surface area (Å²) in [7, 11) is -3.75. The van der Waals surface area contributed by atoms with E-state index in [9.17, 15) is 17.6 Å². The van der Waals surface area contributed by atoms with Crippen molar-refractivity contribution >= 4 is 33.2 Å². The van der Waals surface area contributed by atoms with Crippen molar-refractivity contribution in [3.05, 3.63) is 64.4 Å². The first-order chi connectivity index (χ1) is 11.9.